The first kappa shape index (κ1) is 21.3. The van der Waals surface area contributed by atoms with Crippen LogP contribution >= 0.6 is 0 Å². The largest absolute Gasteiger partial charge is 0.465 e. The van der Waals surface area contributed by atoms with E-state index in [1.807, 2.05) is 0 Å². The van der Waals surface area contributed by atoms with Gasteiger partial charge in [-0.15, -0.1) is 0 Å². The van der Waals surface area contributed by atoms with Crippen LogP contribution in [0.3, 0.4) is 0 Å². The van der Waals surface area contributed by atoms with Gasteiger partial charge in [-0.05, 0) is 43.5 Å². The quantitative estimate of drug-likeness (QED) is 0.614. The van der Waals surface area contributed by atoms with E-state index in [9.17, 15) is 18.0 Å². The van der Waals surface area contributed by atoms with E-state index < -0.39 is 28.1 Å². The predicted molar refractivity (Wildman–Crippen MR) is 112 cm³/mol. The van der Waals surface area contributed by atoms with Crippen LogP contribution in [0.15, 0.2) is 54.4 Å². The number of carboxylic acid groups (broad SMARTS) is 1. The molecule has 0 bridgehead atoms. The average Bonchev–Trinajstić information content (AvgIpc) is 2.87. The molecule has 3 N–H and O–H groups in total. The summed E-state index contributed by atoms with van der Waals surface area (Å²) in [5, 5.41) is 14.0. The van der Waals surface area contributed by atoms with E-state index in [0.717, 1.165) is 9.87 Å². The van der Waals surface area contributed by atoms with Crippen LogP contribution in [0.5, 0.6) is 0 Å². The summed E-state index contributed by atoms with van der Waals surface area (Å²) in [5.74, 6) is -0.401. The number of carbonyl (C=O) groups is 2. The lowest BCUT2D eigenvalue weighted by atomic mass is 10.1. The number of carbonyl (C=O) groups excluding carboxylic acids is 1. The topological polar surface area (TPSA) is 129 Å². The van der Waals surface area contributed by atoms with E-state index >= 15 is 0 Å². The molecule has 0 aliphatic carbocycles. The molecule has 1 aliphatic rings. The molecule has 10 heteroatoms. The summed E-state index contributed by atoms with van der Waals surface area (Å²) >= 11 is 0. The van der Waals surface area contributed by atoms with Crippen LogP contribution < -0.4 is 10.6 Å². The van der Waals surface area contributed by atoms with Gasteiger partial charge in [-0.2, -0.15) is 0 Å². The molecular weight excluding hydrogens is 408 g/mol. The van der Waals surface area contributed by atoms with E-state index in [4.69, 9.17) is 5.11 Å². The SMILES string of the molecule is CC(C)N1C(=O)C(NCCc2ccnc(NC(=O)O)c2)=C(c2ccccc2)S1(=O)=O. The summed E-state index contributed by atoms with van der Waals surface area (Å²) in [7, 11) is -3.98. The van der Waals surface area contributed by atoms with Crippen LogP contribution in [0.1, 0.15) is 25.0 Å². The Morgan fingerprint density at radius 2 is 1.90 bits per heavy atom. The minimum absolute atomic E-state index is 0.0350. The lowest BCUT2D eigenvalue weighted by Gasteiger charge is -2.20. The second-order valence-corrected chi connectivity index (χ2v) is 8.68. The number of amides is 2. The fraction of sp³-hybridized carbons (Fsp3) is 0.250. The summed E-state index contributed by atoms with van der Waals surface area (Å²) in [6.07, 6.45) is 0.684. The van der Waals surface area contributed by atoms with Crippen molar-refractivity contribution in [3.63, 3.8) is 0 Å². The van der Waals surface area contributed by atoms with Gasteiger partial charge in [0.2, 0.25) is 0 Å². The number of hydrogen-bond donors (Lipinski definition) is 3. The maximum Gasteiger partial charge on any atom is 0.410 e. The maximum atomic E-state index is 13.1. The zero-order valence-electron chi connectivity index (χ0n) is 16.5. The first-order chi connectivity index (χ1) is 14.2. The monoisotopic (exact) mass is 430 g/mol. The molecule has 1 aromatic carbocycles. The molecule has 0 unspecified atom stereocenters. The van der Waals surface area contributed by atoms with Crippen LogP contribution in [0.4, 0.5) is 10.6 Å². The molecule has 0 saturated carbocycles. The fourth-order valence-electron chi connectivity index (χ4n) is 3.23. The Kier molecular flexibility index (Phi) is 6.06. The molecular formula is C20H22N4O5S. The van der Waals surface area contributed by atoms with Crippen molar-refractivity contribution in [2.45, 2.75) is 26.3 Å². The molecule has 9 nitrogen and oxygen atoms in total. The number of sulfonamides is 1. The maximum absolute atomic E-state index is 13.1. The number of anilines is 1. The Morgan fingerprint density at radius 3 is 2.53 bits per heavy atom. The van der Waals surface area contributed by atoms with E-state index in [0.29, 0.717) is 12.0 Å². The van der Waals surface area contributed by atoms with E-state index in [-0.39, 0.29) is 23.0 Å². The number of pyridine rings is 1. The zero-order valence-corrected chi connectivity index (χ0v) is 17.3. The van der Waals surface area contributed by atoms with Crippen LogP contribution in [0, 0.1) is 0 Å². The summed E-state index contributed by atoms with van der Waals surface area (Å²) < 4.78 is 27.0. The Hall–Kier alpha value is -3.40. The molecule has 0 fully saturated rings. The normalized spacial score (nSPS) is 15.6. The highest BCUT2D eigenvalue weighted by Crippen LogP contribution is 2.35. The Bertz CT molecular complexity index is 1100. The number of aromatic nitrogens is 1. The van der Waals surface area contributed by atoms with Gasteiger partial charge in [-0.3, -0.25) is 10.1 Å². The second kappa shape index (κ2) is 8.54. The number of rotatable bonds is 7. The molecule has 0 atom stereocenters. The Morgan fingerprint density at radius 1 is 1.20 bits per heavy atom. The number of nitrogens with zero attached hydrogens (tertiary/aromatic N) is 2. The van der Waals surface area contributed by atoms with Gasteiger partial charge in [0.05, 0.1) is 0 Å². The summed E-state index contributed by atoms with van der Waals surface area (Å²) in [6, 6.07) is 11.3. The summed E-state index contributed by atoms with van der Waals surface area (Å²) in [4.78, 5) is 27.5. The van der Waals surface area contributed by atoms with Gasteiger partial charge in [-0.25, -0.2) is 22.5 Å². The van der Waals surface area contributed by atoms with Crippen molar-refractivity contribution in [3.05, 3.63) is 65.5 Å². The van der Waals surface area contributed by atoms with Crippen molar-refractivity contribution in [1.82, 2.24) is 14.6 Å². The fourth-order valence-corrected chi connectivity index (χ4v) is 5.15. The average molecular weight is 430 g/mol. The van der Waals surface area contributed by atoms with Crippen molar-refractivity contribution in [3.8, 4) is 0 Å². The molecule has 1 aromatic heterocycles. The van der Waals surface area contributed by atoms with Crippen molar-refractivity contribution in [1.29, 1.82) is 0 Å². The molecule has 2 amide bonds. The number of nitrogens with one attached hydrogen (secondary N) is 2. The van der Waals surface area contributed by atoms with Crippen molar-refractivity contribution in [2.75, 3.05) is 11.9 Å². The standard InChI is InChI=1S/C20H22N4O5S/c1-13(2)24-19(25)17(18(30(24,28)29)15-6-4-3-5-7-15)22-11-9-14-8-10-21-16(12-14)23-20(26)27/h3-8,10,12-13,22H,9,11H2,1-2H3,(H,21,23)(H,26,27). The molecule has 0 saturated heterocycles. The zero-order chi connectivity index (χ0) is 21.9. The highest BCUT2D eigenvalue weighted by Gasteiger charge is 2.45. The molecule has 0 radical (unpaired) electrons. The Labute approximate surface area is 174 Å². The van der Waals surface area contributed by atoms with Crippen molar-refractivity contribution >= 4 is 32.7 Å². The molecule has 1 aliphatic heterocycles. The van der Waals surface area contributed by atoms with Gasteiger partial charge in [0, 0.05) is 18.8 Å². The van der Waals surface area contributed by atoms with Gasteiger partial charge in [-0.1, -0.05) is 30.3 Å². The first-order valence-electron chi connectivity index (χ1n) is 9.29. The number of benzene rings is 1. The third kappa shape index (κ3) is 4.28. The second-order valence-electron chi connectivity index (χ2n) is 6.93. The third-order valence-electron chi connectivity index (χ3n) is 4.44. The van der Waals surface area contributed by atoms with E-state index in [2.05, 4.69) is 15.6 Å². The number of hydrogen-bond acceptors (Lipinski definition) is 6. The smallest absolute Gasteiger partial charge is 0.410 e. The summed E-state index contributed by atoms with van der Waals surface area (Å²) in [5.41, 5.74) is 1.25. The van der Waals surface area contributed by atoms with Crippen LogP contribution in [0.2, 0.25) is 0 Å². The van der Waals surface area contributed by atoms with Crippen LogP contribution in [-0.4, -0.2) is 47.4 Å². The van der Waals surface area contributed by atoms with Gasteiger partial charge in [0.15, 0.2) is 0 Å². The predicted octanol–water partition coefficient (Wildman–Crippen LogP) is 2.25. The minimum atomic E-state index is -3.98. The van der Waals surface area contributed by atoms with Gasteiger partial charge >= 0.3 is 6.09 Å². The molecule has 30 heavy (non-hydrogen) atoms. The lowest BCUT2D eigenvalue weighted by molar-refractivity contribution is -0.123. The van der Waals surface area contributed by atoms with Gasteiger partial charge in [0.1, 0.15) is 16.4 Å². The van der Waals surface area contributed by atoms with E-state index in [1.54, 1.807) is 56.3 Å². The van der Waals surface area contributed by atoms with Crippen LogP contribution in [0.25, 0.3) is 4.91 Å². The molecule has 0 spiro atoms. The van der Waals surface area contributed by atoms with Crippen LogP contribution in [-0.2, 0) is 21.2 Å². The van der Waals surface area contributed by atoms with Gasteiger partial charge < -0.3 is 10.4 Å². The molecule has 2 heterocycles. The minimum Gasteiger partial charge on any atom is -0.465 e. The van der Waals surface area contributed by atoms with Gasteiger partial charge in [0.25, 0.3) is 15.9 Å². The third-order valence-corrected chi connectivity index (χ3v) is 6.50. The Balaban J connectivity index is 1.86. The highest BCUT2D eigenvalue weighted by molar-refractivity contribution is 7.99. The van der Waals surface area contributed by atoms with Crippen molar-refractivity contribution < 1.29 is 23.1 Å². The molecule has 2 aromatic rings. The highest BCUT2D eigenvalue weighted by atomic mass is 32.2. The molecule has 158 valence electrons. The first-order valence-corrected chi connectivity index (χ1v) is 10.7. The lowest BCUT2D eigenvalue weighted by Crippen LogP contribution is -2.39. The summed E-state index contributed by atoms with van der Waals surface area (Å²) in [6.45, 7) is 3.57. The molecule has 3 rings (SSSR count). The van der Waals surface area contributed by atoms with E-state index in [1.165, 1.54) is 6.20 Å². The van der Waals surface area contributed by atoms with Crippen molar-refractivity contribution in [2.24, 2.45) is 0 Å².